The second kappa shape index (κ2) is 12.1. The molecule has 0 aliphatic heterocycles. The fraction of sp³-hybridized carbons (Fsp3) is 0.278. The van der Waals surface area contributed by atoms with Crippen molar-refractivity contribution in [1.29, 1.82) is 0 Å². The van der Waals surface area contributed by atoms with E-state index in [1.165, 1.54) is 28.4 Å². The van der Waals surface area contributed by atoms with Gasteiger partial charge in [-0.3, -0.25) is 25.4 Å². The molecule has 0 heterocycles. The molecule has 1 rings (SSSR count). The Morgan fingerprint density at radius 3 is 2.29 bits per heavy atom. The van der Waals surface area contributed by atoms with Gasteiger partial charge in [-0.25, -0.2) is 0 Å². The van der Waals surface area contributed by atoms with Gasteiger partial charge in [0.15, 0.2) is 11.4 Å². The van der Waals surface area contributed by atoms with E-state index in [1.807, 2.05) is 6.07 Å². The molecule has 10 nitrogen and oxygen atoms in total. The van der Waals surface area contributed by atoms with E-state index in [1.54, 1.807) is 18.2 Å². The number of hydrogen-bond donors (Lipinski definition) is 3. The molecule has 0 atom stereocenters. The fourth-order valence-electron chi connectivity index (χ4n) is 2.10. The average Bonchev–Trinajstić information content (AvgIpc) is 2.70. The Kier molecular flexibility index (Phi) is 9.79. The quantitative estimate of drug-likeness (QED) is 0.359. The van der Waals surface area contributed by atoms with Crippen molar-refractivity contribution in [2.24, 2.45) is 10.3 Å². The Balaban J connectivity index is 2.90. The van der Waals surface area contributed by atoms with Crippen LogP contribution < -0.4 is 16.3 Å². The highest BCUT2D eigenvalue weighted by Crippen LogP contribution is 2.12. The lowest BCUT2D eigenvalue weighted by Gasteiger charge is -2.15. The molecule has 10 heteroatoms. The predicted octanol–water partition coefficient (Wildman–Crippen LogP) is 0.985. The van der Waals surface area contributed by atoms with Gasteiger partial charge in [-0.15, -0.1) is 0 Å². The summed E-state index contributed by atoms with van der Waals surface area (Å²) in [5, 5.41) is 10.1. The van der Waals surface area contributed by atoms with Gasteiger partial charge in [0.1, 0.15) is 20.8 Å². The first kappa shape index (κ1) is 22.7. The lowest BCUT2D eigenvalue weighted by Crippen LogP contribution is -2.30. The molecule has 0 unspecified atom stereocenters. The number of nitrogens with one attached hydrogen (secondary N) is 3. The van der Waals surface area contributed by atoms with Gasteiger partial charge in [0.2, 0.25) is 0 Å². The molecule has 0 aliphatic carbocycles. The second-order valence-corrected chi connectivity index (χ2v) is 5.14. The largest absolute Gasteiger partial charge is 0.399 e. The molecule has 28 heavy (non-hydrogen) atoms. The van der Waals surface area contributed by atoms with Gasteiger partial charge < -0.3 is 15.0 Å². The van der Waals surface area contributed by atoms with Gasteiger partial charge in [-0.2, -0.15) is 0 Å². The molecule has 0 aliphatic rings. The molecule has 1 amide bonds. The Hall–Kier alpha value is -3.37. The molecule has 152 valence electrons. The number of nitrogens with zero attached hydrogens (tertiary/aromatic N) is 2. The maximum absolute atomic E-state index is 12.1. The van der Waals surface area contributed by atoms with E-state index < -0.39 is 0 Å². The van der Waals surface area contributed by atoms with Crippen LogP contribution in [0.25, 0.3) is 0 Å². The topological polar surface area (TPSA) is 115 Å². The van der Waals surface area contributed by atoms with Gasteiger partial charge in [-0.05, 0) is 5.56 Å². The number of hydrogen-bond acceptors (Lipinski definition) is 9. The summed E-state index contributed by atoms with van der Waals surface area (Å²) in [5.74, 6) is -0.386. The summed E-state index contributed by atoms with van der Waals surface area (Å²) in [6.45, 7) is 7.68. The van der Waals surface area contributed by atoms with Crippen molar-refractivity contribution in [3.8, 4) is 0 Å². The smallest absolute Gasteiger partial charge is 0.273 e. The minimum atomic E-state index is -0.386. The van der Waals surface area contributed by atoms with Crippen molar-refractivity contribution in [1.82, 2.24) is 16.3 Å². The van der Waals surface area contributed by atoms with Crippen LogP contribution in [0.3, 0.4) is 0 Å². The zero-order valence-corrected chi connectivity index (χ0v) is 16.4. The van der Waals surface area contributed by atoms with E-state index in [4.69, 9.17) is 19.4 Å². The number of amides is 1. The molecule has 0 saturated heterocycles. The van der Waals surface area contributed by atoms with E-state index in [0.29, 0.717) is 16.8 Å². The number of rotatable bonds is 12. The van der Waals surface area contributed by atoms with E-state index >= 15 is 0 Å². The third kappa shape index (κ3) is 6.41. The summed E-state index contributed by atoms with van der Waals surface area (Å²) >= 11 is 0. The van der Waals surface area contributed by atoms with Crippen molar-refractivity contribution in [3.63, 3.8) is 0 Å². The highest BCUT2D eigenvalue weighted by molar-refractivity contribution is 6.45. The Labute approximate surface area is 163 Å². The minimum Gasteiger partial charge on any atom is -0.399 e. The van der Waals surface area contributed by atoms with Crippen molar-refractivity contribution in [3.05, 3.63) is 59.9 Å². The molecule has 0 radical (unpaired) electrons. The van der Waals surface area contributed by atoms with Gasteiger partial charge in [0.05, 0.1) is 18.5 Å². The van der Waals surface area contributed by atoms with Crippen LogP contribution in [0.5, 0.6) is 0 Å². The SMILES string of the molecule is C=C(NOC)C(=NOC)C(=C)NOCc1ccccc1C(=NOC)C(=O)NC. The normalized spacial score (nSPS) is 11.4. The second-order valence-electron chi connectivity index (χ2n) is 5.14. The van der Waals surface area contributed by atoms with Crippen LogP contribution in [-0.4, -0.2) is 45.7 Å². The molecule has 0 spiro atoms. The first-order valence-electron chi connectivity index (χ1n) is 8.08. The van der Waals surface area contributed by atoms with Crippen molar-refractivity contribution in [2.45, 2.75) is 6.61 Å². The first-order valence-corrected chi connectivity index (χ1v) is 8.08. The third-order valence-electron chi connectivity index (χ3n) is 3.30. The Morgan fingerprint density at radius 1 is 1.04 bits per heavy atom. The van der Waals surface area contributed by atoms with Crippen LogP contribution in [0, 0.1) is 0 Å². The van der Waals surface area contributed by atoms with Crippen LogP contribution >= 0.6 is 0 Å². The molecule has 0 fully saturated rings. The van der Waals surface area contributed by atoms with E-state index in [9.17, 15) is 4.79 Å². The highest BCUT2D eigenvalue weighted by atomic mass is 16.6. The van der Waals surface area contributed by atoms with Gasteiger partial charge >= 0.3 is 0 Å². The maximum Gasteiger partial charge on any atom is 0.273 e. The monoisotopic (exact) mass is 391 g/mol. The van der Waals surface area contributed by atoms with Crippen molar-refractivity contribution >= 4 is 17.3 Å². The molecular formula is C18H25N5O5. The van der Waals surface area contributed by atoms with Crippen molar-refractivity contribution in [2.75, 3.05) is 28.4 Å². The Morgan fingerprint density at radius 2 is 1.68 bits per heavy atom. The summed E-state index contributed by atoms with van der Waals surface area (Å²) in [7, 11) is 5.70. The van der Waals surface area contributed by atoms with Crippen LogP contribution in [0.1, 0.15) is 11.1 Å². The van der Waals surface area contributed by atoms with Crippen LogP contribution in [0.2, 0.25) is 0 Å². The van der Waals surface area contributed by atoms with Gasteiger partial charge in [-0.1, -0.05) is 47.7 Å². The summed E-state index contributed by atoms with van der Waals surface area (Å²) < 4.78 is 0. The number of oxime groups is 2. The zero-order valence-electron chi connectivity index (χ0n) is 16.4. The Bertz CT molecular complexity index is 760. The van der Waals surface area contributed by atoms with Crippen LogP contribution in [0.4, 0.5) is 0 Å². The van der Waals surface area contributed by atoms with Crippen LogP contribution in [0.15, 0.2) is 59.1 Å². The number of carbonyl (C=O) groups excluding carboxylic acids is 1. The van der Waals surface area contributed by atoms with Crippen LogP contribution in [-0.2, 0) is 30.8 Å². The average molecular weight is 391 g/mol. The summed E-state index contributed by atoms with van der Waals surface area (Å²) in [6, 6.07) is 7.13. The highest BCUT2D eigenvalue weighted by Gasteiger charge is 2.17. The fourth-order valence-corrected chi connectivity index (χ4v) is 2.10. The van der Waals surface area contributed by atoms with Crippen molar-refractivity contribution < 1.29 is 24.1 Å². The van der Waals surface area contributed by atoms with E-state index in [0.717, 1.165) is 0 Å². The maximum atomic E-state index is 12.1. The number of benzene rings is 1. The first-order chi connectivity index (χ1) is 13.5. The molecular weight excluding hydrogens is 366 g/mol. The zero-order chi connectivity index (χ0) is 20.9. The van der Waals surface area contributed by atoms with Gasteiger partial charge in [0, 0.05) is 12.6 Å². The molecule has 1 aromatic rings. The lowest BCUT2D eigenvalue weighted by atomic mass is 10.0. The van der Waals surface area contributed by atoms with E-state index in [2.05, 4.69) is 39.7 Å². The number of likely N-dealkylation sites (N-methyl/N-ethyl adjacent to an activating group) is 1. The molecule has 0 saturated carbocycles. The molecule has 0 bridgehead atoms. The number of hydroxylamine groups is 2. The summed E-state index contributed by atoms with van der Waals surface area (Å²) in [6.07, 6.45) is 0. The minimum absolute atomic E-state index is 0.0966. The predicted molar refractivity (Wildman–Crippen MR) is 105 cm³/mol. The molecule has 0 aromatic heterocycles. The van der Waals surface area contributed by atoms with E-state index in [-0.39, 0.29) is 29.6 Å². The standard InChI is InChI=1S/C18H25N5O5/c1-12(20-25-4)16(22-26-5)13(2)21-28-11-14-9-7-8-10-15(14)17(23-27-6)18(24)19-3/h7-10,20-21H,1-2,11H2,3-6H3,(H,19,24). The summed E-state index contributed by atoms with van der Waals surface area (Å²) in [5.41, 5.74) is 7.46. The van der Waals surface area contributed by atoms with Gasteiger partial charge in [0.25, 0.3) is 5.91 Å². The number of carbonyl (C=O) groups is 1. The lowest BCUT2D eigenvalue weighted by molar-refractivity contribution is -0.114. The third-order valence-corrected chi connectivity index (χ3v) is 3.30. The molecule has 3 N–H and O–H groups in total. The summed E-state index contributed by atoms with van der Waals surface area (Å²) in [4.78, 5) is 31.9. The molecule has 1 aromatic carbocycles.